The first-order chi connectivity index (χ1) is 16.6. The van der Waals surface area contributed by atoms with E-state index in [2.05, 4.69) is 31.2 Å². The molecule has 0 radical (unpaired) electrons. The molecule has 2 aliphatic rings. The molecule has 2 atom stereocenters. The number of ether oxygens (including phenoxy) is 2. The Kier molecular flexibility index (Phi) is 7.29. The molecule has 8 nitrogen and oxygen atoms in total. The molecule has 0 bridgehead atoms. The second-order valence-corrected chi connectivity index (χ2v) is 9.65. The summed E-state index contributed by atoms with van der Waals surface area (Å²) in [6.07, 6.45) is 0.863. The minimum Gasteiger partial charge on any atom is -0.468 e. The zero-order chi connectivity index (χ0) is 25.3. The van der Waals surface area contributed by atoms with Crippen molar-refractivity contribution in [1.29, 1.82) is 0 Å². The molecule has 1 aromatic heterocycles. The number of alkyl halides is 2. The van der Waals surface area contributed by atoms with Crippen molar-refractivity contribution in [2.45, 2.75) is 24.4 Å². The van der Waals surface area contributed by atoms with E-state index in [9.17, 15) is 22.8 Å². The normalized spacial score (nSPS) is 21.9. The van der Waals surface area contributed by atoms with Crippen LogP contribution in [0.5, 0.6) is 0 Å². The van der Waals surface area contributed by atoms with E-state index in [-0.39, 0.29) is 17.8 Å². The molecule has 2 aromatic rings. The maximum absolute atomic E-state index is 14.3. The Morgan fingerprint density at radius 1 is 1.31 bits per heavy atom. The van der Waals surface area contributed by atoms with Crippen molar-refractivity contribution in [3.8, 4) is 0 Å². The van der Waals surface area contributed by atoms with Gasteiger partial charge in [-0.15, -0.1) is 11.3 Å². The first-order valence-electron chi connectivity index (χ1n) is 10.3. The Balaban J connectivity index is 1.83. The second kappa shape index (κ2) is 10.1. The third-order valence-electron chi connectivity index (χ3n) is 5.62. The van der Waals surface area contributed by atoms with Crippen LogP contribution in [0.15, 0.2) is 50.5 Å². The lowest BCUT2D eigenvalue weighted by atomic mass is 9.95. The van der Waals surface area contributed by atoms with Gasteiger partial charge in [-0.1, -0.05) is 22.0 Å². The molecule has 186 valence electrons. The Labute approximate surface area is 211 Å². The van der Waals surface area contributed by atoms with Gasteiger partial charge in [-0.05, 0) is 17.7 Å². The second-order valence-electron chi connectivity index (χ2n) is 7.90. The van der Waals surface area contributed by atoms with Crippen LogP contribution in [0.4, 0.5) is 13.2 Å². The minimum atomic E-state index is -3.12. The number of hydrogen-bond acceptors (Lipinski definition) is 9. The van der Waals surface area contributed by atoms with E-state index in [1.54, 1.807) is 11.6 Å². The van der Waals surface area contributed by atoms with E-state index in [0.29, 0.717) is 20.9 Å². The number of nitrogens with zero attached hydrogens (tertiary/aromatic N) is 3. The van der Waals surface area contributed by atoms with Gasteiger partial charge in [0.2, 0.25) is 0 Å². The van der Waals surface area contributed by atoms with Gasteiger partial charge in [0.25, 0.3) is 5.92 Å². The largest absolute Gasteiger partial charge is 0.468 e. The van der Waals surface area contributed by atoms with E-state index in [1.807, 2.05) is 0 Å². The number of carbonyl (C=O) groups excluding carboxylic acids is 2. The number of nitrogens with one attached hydrogen (secondary N) is 1. The summed E-state index contributed by atoms with van der Waals surface area (Å²) in [5.41, 5.74) is 0.708. The number of rotatable bonds is 6. The molecule has 1 fully saturated rings. The zero-order valence-corrected chi connectivity index (χ0v) is 21.0. The Morgan fingerprint density at radius 3 is 2.71 bits per heavy atom. The van der Waals surface area contributed by atoms with E-state index < -0.39 is 48.7 Å². The van der Waals surface area contributed by atoms with Crippen LogP contribution in [-0.2, 0) is 19.1 Å². The van der Waals surface area contributed by atoms with Gasteiger partial charge in [-0.3, -0.25) is 14.7 Å². The quantitative estimate of drug-likeness (QED) is 0.530. The molecule has 1 aromatic carbocycles. The number of esters is 2. The monoisotopic (exact) mass is 572 g/mol. The molecule has 35 heavy (non-hydrogen) atoms. The molecular weight excluding hydrogens is 553 g/mol. The molecule has 0 spiro atoms. The van der Waals surface area contributed by atoms with E-state index >= 15 is 0 Å². The SMILES string of the molecule is COC(=O)C1=C(CN2CC(F)(F)C[C@H]2C(=O)OC)NC(c2nccs2)=NC1c1ccc(F)cc1Br. The van der Waals surface area contributed by atoms with Crippen LogP contribution in [0, 0.1) is 5.82 Å². The molecule has 1 saturated heterocycles. The number of methoxy groups -OCH3 is 2. The average Bonchev–Trinajstić information content (AvgIpc) is 3.45. The van der Waals surface area contributed by atoms with E-state index in [4.69, 9.17) is 9.47 Å². The van der Waals surface area contributed by atoms with Crippen LogP contribution in [-0.4, -0.2) is 66.9 Å². The fraction of sp³-hybridized carbons (Fsp3) is 0.364. The highest BCUT2D eigenvalue weighted by Gasteiger charge is 2.49. The molecule has 13 heteroatoms. The maximum Gasteiger partial charge on any atom is 0.338 e. The Morgan fingerprint density at radius 2 is 2.09 bits per heavy atom. The molecular formula is C22H20BrF3N4O4S. The number of aliphatic imine (C=N–C) groups is 1. The summed E-state index contributed by atoms with van der Waals surface area (Å²) in [6, 6.07) is 1.76. The van der Waals surface area contributed by atoms with Crippen LogP contribution in [0.25, 0.3) is 0 Å². The van der Waals surface area contributed by atoms with Crippen molar-refractivity contribution >= 4 is 45.0 Å². The van der Waals surface area contributed by atoms with Crippen LogP contribution in [0.2, 0.25) is 0 Å². The molecule has 2 aliphatic heterocycles. The summed E-state index contributed by atoms with van der Waals surface area (Å²) >= 11 is 4.60. The summed E-state index contributed by atoms with van der Waals surface area (Å²) in [7, 11) is 2.31. The lowest BCUT2D eigenvalue weighted by Crippen LogP contribution is -2.43. The topological polar surface area (TPSA) is 93.1 Å². The van der Waals surface area contributed by atoms with Crippen LogP contribution in [0.3, 0.4) is 0 Å². The molecule has 0 amide bonds. The fourth-order valence-electron chi connectivity index (χ4n) is 4.09. The van der Waals surface area contributed by atoms with Crippen LogP contribution in [0.1, 0.15) is 23.0 Å². The Bertz CT molecular complexity index is 1210. The average molecular weight is 573 g/mol. The summed E-state index contributed by atoms with van der Waals surface area (Å²) in [5.74, 6) is -4.88. The number of amidine groups is 1. The molecule has 3 heterocycles. The molecule has 1 N–H and O–H groups in total. The summed E-state index contributed by atoms with van der Waals surface area (Å²) in [4.78, 5) is 35.3. The smallest absolute Gasteiger partial charge is 0.338 e. The van der Waals surface area contributed by atoms with Crippen molar-refractivity contribution in [2.24, 2.45) is 4.99 Å². The van der Waals surface area contributed by atoms with Gasteiger partial charge in [-0.2, -0.15) is 0 Å². The number of benzene rings is 1. The number of hydrogen-bond donors (Lipinski definition) is 1. The number of carbonyl (C=O) groups is 2. The lowest BCUT2D eigenvalue weighted by molar-refractivity contribution is -0.146. The fourth-order valence-corrected chi connectivity index (χ4v) is 5.24. The van der Waals surface area contributed by atoms with Crippen molar-refractivity contribution < 1.29 is 32.2 Å². The van der Waals surface area contributed by atoms with Crippen molar-refractivity contribution in [2.75, 3.05) is 27.3 Å². The summed E-state index contributed by atoms with van der Waals surface area (Å²) < 4.78 is 52.5. The lowest BCUT2D eigenvalue weighted by Gasteiger charge is -2.30. The highest BCUT2D eigenvalue weighted by atomic mass is 79.9. The van der Waals surface area contributed by atoms with E-state index in [0.717, 1.165) is 7.11 Å². The van der Waals surface area contributed by atoms with E-state index in [1.165, 1.54) is 41.5 Å². The van der Waals surface area contributed by atoms with Gasteiger partial charge < -0.3 is 14.8 Å². The molecule has 4 rings (SSSR count). The Hall–Kier alpha value is -2.77. The zero-order valence-electron chi connectivity index (χ0n) is 18.6. The standard InChI is InChI=1S/C22H20BrF3N4O4S/c1-33-20(31)15-8-22(25,26)10-30(15)9-14-16(21(32)34-2)17(12-4-3-11(24)7-13(12)23)29-18(28-14)19-27-5-6-35-19/h3-7,15,17H,8-10H2,1-2H3,(H,28,29)/t15-,17?/m0/s1. The van der Waals surface area contributed by atoms with Crippen molar-refractivity contribution in [1.82, 2.24) is 15.2 Å². The first-order valence-corrected chi connectivity index (χ1v) is 12.0. The number of halogens is 4. The highest BCUT2D eigenvalue weighted by molar-refractivity contribution is 9.10. The third-order valence-corrected chi connectivity index (χ3v) is 7.09. The number of likely N-dealkylation sites (tertiary alicyclic amines) is 1. The van der Waals surface area contributed by atoms with Crippen LogP contribution >= 0.6 is 27.3 Å². The molecule has 0 saturated carbocycles. The molecule has 1 unspecified atom stereocenters. The first kappa shape index (κ1) is 25.3. The van der Waals surface area contributed by atoms with Gasteiger partial charge in [-0.25, -0.2) is 22.9 Å². The summed E-state index contributed by atoms with van der Waals surface area (Å²) in [6.45, 7) is -0.930. The van der Waals surface area contributed by atoms with Gasteiger partial charge >= 0.3 is 11.9 Å². The maximum atomic E-state index is 14.3. The van der Waals surface area contributed by atoms with Crippen molar-refractivity contribution in [3.63, 3.8) is 0 Å². The van der Waals surface area contributed by atoms with Gasteiger partial charge in [0, 0.05) is 34.7 Å². The van der Waals surface area contributed by atoms with Gasteiger partial charge in [0.15, 0.2) is 10.8 Å². The van der Waals surface area contributed by atoms with Gasteiger partial charge in [0.05, 0.1) is 26.3 Å². The minimum absolute atomic E-state index is 0.0407. The van der Waals surface area contributed by atoms with Gasteiger partial charge in [0.1, 0.15) is 17.9 Å². The van der Waals surface area contributed by atoms with Crippen LogP contribution < -0.4 is 5.32 Å². The van der Waals surface area contributed by atoms with Crippen molar-refractivity contribution in [3.05, 3.63) is 61.9 Å². The predicted octanol–water partition coefficient (Wildman–Crippen LogP) is 3.45. The number of thiazole rings is 1. The number of aromatic nitrogens is 1. The predicted molar refractivity (Wildman–Crippen MR) is 125 cm³/mol. The summed E-state index contributed by atoms with van der Waals surface area (Å²) in [5, 5.41) is 5.26. The third kappa shape index (κ3) is 5.26. The molecule has 0 aliphatic carbocycles. The highest BCUT2D eigenvalue weighted by Crippen LogP contribution is 2.38.